The van der Waals surface area contributed by atoms with Crippen LogP contribution in [-0.4, -0.2) is 54.5 Å². The number of aromatic nitrogens is 1. The smallest absolute Gasteiger partial charge is 0.341 e. The van der Waals surface area contributed by atoms with Crippen LogP contribution >= 0.6 is 11.3 Å². The second-order valence-corrected chi connectivity index (χ2v) is 11.3. The summed E-state index contributed by atoms with van der Waals surface area (Å²) in [6, 6.07) is 7.56. The second-order valence-electron chi connectivity index (χ2n) is 10.2. The van der Waals surface area contributed by atoms with E-state index in [-0.39, 0.29) is 0 Å². The number of thiophene rings is 1. The highest BCUT2D eigenvalue weighted by atomic mass is 32.1. The van der Waals surface area contributed by atoms with Gasteiger partial charge in [-0.2, -0.15) is 0 Å². The third-order valence-electron chi connectivity index (χ3n) is 7.52. The molecule has 39 heavy (non-hydrogen) atoms. The van der Waals surface area contributed by atoms with Crippen molar-refractivity contribution < 1.29 is 23.9 Å². The molecule has 0 bridgehead atoms. The van der Waals surface area contributed by atoms with Gasteiger partial charge in [-0.25, -0.2) is 9.59 Å². The molecule has 0 saturated heterocycles. The predicted molar refractivity (Wildman–Crippen MR) is 151 cm³/mol. The van der Waals surface area contributed by atoms with E-state index < -0.39 is 24.5 Å². The van der Waals surface area contributed by atoms with Crippen molar-refractivity contribution in [3.8, 4) is 0 Å². The lowest BCUT2D eigenvalue weighted by molar-refractivity contribution is -0.119. The van der Waals surface area contributed by atoms with Crippen LogP contribution in [-0.2, 0) is 40.1 Å². The third kappa shape index (κ3) is 5.84. The number of carbonyl (C=O) groups is 3. The predicted octanol–water partition coefficient (Wildman–Crippen LogP) is 5.31. The molecule has 1 amide bonds. The number of benzene rings is 1. The van der Waals surface area contributed by atoms with Crippen LogP contribution in [0.5, 0.6) is 0 Å². The van der Waals surface area contributed by atoms with E-state index in [2.05, 4.69) is 17.1 Å². The first-order chi connectivity index (χ1) is 19.0. The number of nitrogens with zero attached hydrogens (tertiary/aromatic N) is 2. The SMILES string of the molecule is CCCN1CCc2nc3ccccc3c(C(=O)OCC(=O)Nc3sc4c(c3C(=O)OC)CCCCCC4)c2C1. The fourth-order valence-corrected chi connectivity index (χ4v) is 6.97. The van der Waals surface area contributed by atoms with E-state index in [0.717, 1.165) is 97.1 Å². The number of hydrogen-bond donors (Lipinski definition) is 1. The van der Waals surface area contributed by atoms with E-state index in [0.29, 0.717) is 22.7 Å². The number of fused-ring (bicyclic) bond motifs is 3. The molecule has 1 aliphatic heterocycles. The Morgan fingerprint density at radius 1 is 1.00 bits per heavy atom. The van der Waals surface area contributed by atoms with E-state index >= 15 is 0 Å². The van der Waals surface area contributed by atoms with Gasteiger partial charge in [0.1, 0.15) is 5.00 Å². The van der Waals surface area contributed by atoms with Crippen molar-refractivity contribution >= 4 is 45.1 Å². The van der Waals surface area contributed by atoms with Crippen LogP contribution in [0.25, 0.3) is 10.9 Å². The maximum atomic E-state index is 13.5. The Morgan fingerprint density at radius 3 is 2.59 bits per heavy atom. The van der Waals surface area contributed by atoms with Crippen LogP contribution in [0.4, 0.5) is 5.00 Å². The molecule has 1 aliphatic carbocycles. The number of aryl methyl sites for hydroxylation is 1. The molecule has 1 aromatic carbocycles. The summed E-state index contributed by atoms with van der Waals surface area (Å²) in [6.45, 7) is 4.15. The number of esters is 2. The van der Waals surface area contributed by atoms with Crippen LogP contribution in [0.2, 0.25) is 0 Å². The maximum Gasteiger partial charge on any atom is 0.341 e. The largest absolute Gasteiger partial charge is 0.465 e. The second kappa shape index (κ2) is 12.3. The molecular weight excluding hydrogens is 514 g/mol. The number of anilines is 1. The number of amides is 1. The van der Waals surface area contributed by atoms with Gasteiger partial charge in [0, 0.05) is 41.0 Å². The Hall–Kier alpha value is -3.30. The van der Waals surface area contributed by atoms with Crippen LogP contribution in [0, 0.1) is 0 Å². The van der Waals surface area contributed by atoms with E-state index in [1.807, 2.05) is 24.3 Å². The lowest BCUT2D eigenvalue weighted by Gasteiger charge is -2.29. The number of nitrogens with one attached hydrogen (secondary N) is 1. The molecule has 2 aromatic heterocycles. The Bertz CT molecular complexity index is 1400. The highest BCUT2D eigenvalue weighted by Crippen LogP contribution is 2.37. The minimum absolute atomic E-state index is 0.435. The number of rotatable bonds is 7. The van der Waals surface area contributed by atoms with E-state index in [9.17, 15) is 14.4 Å². The van der Waals surface area contributed by atoms with Crippen molar-refractivity contribution in [1.82, 2.24) is 9.88 Å². The summed E-state index contributed by atoms with van der Waals surface area (Å²) in [5.41, 5.74) is 4.43. The molecule has 0 fully saturated rings. The zero-order valence-corrected chi connectivity index (χ0v) is 23.5. The summed E-state index contributed by atoms with van der Waals surface area (Å²) in [7, 11) is 1.35. The van der Waals surface area contributed by atoms with Gasteiger partial charge in [-0.15, -0.1) is 11.3 Å². The molecule has 0 unspecified atom stereocenters. The average Bonchev–Trinajstić information content (AvgIpc) is 3.25. The van der Waals surface area contributed by atoms with Gasteiger partial charge >= 0.3 is 11.9 Å². The molecule has 1 N–H and O–H groups in total. The Balaban J connectivity index is 1.36. The van der Waals surface area contributed by atoms with Crippen molar-refractivity contribution in [3.05, 3.63) is 57.1 Å². The van der Waals surface area contributed by atoms with Gasteiger partial charge in [0.25, 0.3) is 5.91 Å². The van der Waals surface area contributed by atoms with Crippen molar-refractivity contribution in [1.29, 1.82) is 0 Å². The van der Waals surface area contributed by atoms with Crippen LogP contribution in [0.1, 0.15) is 81.4 Å². The van der Waals surface area contributed by atoms with Gasteiger partial charge < -0.3 is 14.8 Å². The summed E-state index contributed by atoms with van der Waals surface area (Å²) in [5, 5.41) is 4.03. The lowest BCUT2D eigenvalue weighted by atomic mass is 9.95. The van der Waals surface area contributed by atoms with E-state index in [4.69, 9.17) is 14.5 Å². The third-order valence-corrected chi connectivity index (χ3v) is 8.72. The lowest BCUT2D eigenvalue weighted by Crippen LogP contribution is -2.33. The highest BCUT2D eigenvalue weighted by molar-refractivity contribution is 7.17. The Kier molecular flexibility index (Phi) is 8.57. The van der Waals surface area contributed by atoms with E-state index in [1.165, 1.54) is 18.4 Å². The molecule has 2 aliphatic rings. The van der Waals surface area contributed by atoms with Gasteiger partial charge in [0.15, 0.2) is 6.61 Å². The molecule has 206 valence electrons. The topological polar surface area (TPSA) is 97.8 Å². The minimum atomic E-state index is -0.537. The average molecular weight is 550 g/mol. The van der Waals surface area contributed by atoms with Gasteiger partial charge in [0.2, 0.25) is 0 Å². The van der Waals surface area contributed by atoms with Crippen molar-refractivity contribution in [3.63, 3.8) is 0 Å². The molecule has 8 nitrogen and oxygen atoms in total. The zero-order chi connectivity index (χ0) is 27.4. The Morgan fingerprint density at radius 2 is 1.79 bits per heavy atom. The van der Waals surface area contributed by atoms with Crippen LogP contribution < -0.4 is 5.32 Å². The van der Waals surface area contributed by atoms with E-state index in [1.54, 1.807) is 0 Å². The number of hydrogen-bond acceptors (Lipinski definition) is 8. The number of para-hydroxylation sites is 1. The van der Waals surface area contributed by atoms with Crippen molar-refractivity contribution in [2.45, 2.75) is 64.8 Å². The Labute approximate surface area is 232 Å². The summed E-state index contributed by atoms with van der Waals surface area (Å²) in [5.74, 6) is -1.47. The molecule has 0 atom stereocenters. The van der Waals surface area contributed by atoms with Crippen molar-refractivity contribution in [2.24, 2.45) is 0 Å². The van der Waals surface area contributed by atoms with Crippen molar-refractivity contribution in [2.75, 3.05) is 32.1 Å². The molecule has 3 heterocycles. The molecule has 0 saturated carbocycles. The normalized spacial score (nSPS) is 15.5. The number of methoxy groups -OCH3 is 1. The van der Waals surface area contributed by atoms with Gasteiger partial charge in [0.05, 0.1) is 23.8 Å². The monoisotopic (exact) mass is 549 g/mol. The zero-order valence-electron chi connectivity index (χ0n) is 22.6. The quantitative estimate of drug-likeness (QED) is 0.399. The van der Waals surface area contributed by atoms with Gasteiger partial charge in [-0.1, -0.05) is 38.0 Å². The first-order valence-corrected chi connectivity index (χ1v) is 14.6. The summed E-state index contributed by atoms with van der Waals surface area (Å²) >= 11 is 1.43. The highest BCUT2D eigenvalue weighted by Gasteiger charge is 2.28. The molecule has 5 rings (SSSR count). The summed E-state index contributed by atoms with van der Waals surface area (Å²) < 4.78 is 10.6. The number of ether oxygens (including phenoxy) is 2. The number of carbonyl (C=O) groups excluding carboxylic acids is 3. The molecule has 9 heteroatoms. The summed E-state index contributed by atoms with van der Waals surface area (Å²) in [6.07, 6.45) is 7.79. The van der Waals surface area contributed by atoms with Crippen LogP contribution in [0.3, 0.4) is 0 Å². The maximum absolute atomic E-state index is 13.5. The first kappa shape index (κ1) is 27.3. The standard InChI is InChI=1S/C30H35N3O5S/c1-3-15-33-16-14-23-21(17-33)26(19-10-8-9-12-22(19)31-23)30(36)38-18-25(34)32-28-27(29(35)37-2)20-11-6-4-5-7-13-24(20)39-28/h8-10,12H,3-7,11,13-18H2,1-2H3,(H,32,34). The minimum Gasteiger partial charge on any atom is -0.465 e. The summed E-state index contributed by atoms with van der Waals surface area (Å²) in [4.78, 5) is 47.4. The number of pyridine rings is 1. The first-order valence-electron chi connectivity index (χ1n) is 13.8. The molecule has 3 aromatic rings. The molecular formula is C30H35N3O5S. The van der Waals surface area contributed by atoms with Gasteiger partial charge in [-0.05, 0) is 50.3 Å². The van der Waals surface area contributed by atoms with Gasteiger partial charge in [-0.3, -0.25) is 14.7 Å². The fraction of sp³-hybridized carbons (Fsp3) is 0.467. The molecule has 0 radical (unpaired) electrons. The molecule has 0 spiro atoms. The fourth-order valence-electron chi connectivity index (χ4n) is 5.68. The van der Waals surface area contributed by atoms with Crippen LogP contribution in [0.15, 0.2) is 24.3 Å².